The molecule has 2 aromatic rings. The summed E-state index contributed by atoms with van der Waals surface area (Å²) in [5.41, 5.74) is 1.92. The van der Waals surface area contributed by atoms with Crippen molar-refractivity contribution in [3.8, 4) is 0 Å². The van der Waals surface area contributed by atoms with E-state index in [4.69, 9.17) is 0 Å². The molecule has 0 spiro atoms. The summed E-state index contributed by atoms with van der Waals surface area (Å²) in [6.45, 7) is 2.01. The summed E-state index contributed by atoms with van der Waals surface area (Å²) in [6.07, 6.45) is 2.09. The minimum absolute atomic E-state index is 0.110. The van der Waals surface area contributed by atoms with E-state index in [0.717, 1.165) is 5.69 Å². The zero-order valence-electron chi connectivity index (χ0n) is 11.9. The van der Waals surface area contributed by atoms with E-state index < -0.39 is 0 Å². The van der Waals surface area contributed by atoms with Crippen molar-refractivity contribution in [3.05, 3.63) is 59.2 Å². The Kier molecular flexibility index (Phi) is 5.11. The molecule has 1 amide bonds. The van der Waals surface area contributed by atoms with Gasteiger partial charge in [-0.3, -0.25) is 4.79 Å². The normalized spacial score (nSPS) is 12.1. The van der Waals surface area contributed by atoms with Crippen LogP contribution in [0.3, 0.4) is 0 Å². The van der Waals surface area contributed by atoms with Crippen LogP contribution in [0.15, 0.2) is 36.5 Å². The summed E-state index contributed by atoms with van der Waals surface area (Å²) in [4.78, 5) is 14.9. The van der Waals surface area contributed by atoms with Gasteiger partial charge >= 0.3 is 0 Å². The lowest BCUT2D eigenvalue weighted by Crippen LogP contribution is -2.32. The van der Waals surface area contributed by atoms with Crippen LogP contribution < -0.4 is 5.32 Å². The highest BCUT2D eigenvalue weighted by Crippen LogP contribution is 2.12. The van der Waals surface area contributed by atoms with Crippen molar-refractivity contribution in [1.29, 1.82) is 0 Å². The lowest BCUT2D eigenvalue weighted by atomic mass is 9.99. The molecule has 0 radical (unpaired) electrons. The Morgan fingerprint density at radius 3 is 2.76 bits per heavy atom. The molecule has 4 nitrogen and oxygen atoms in total. The van der Waals surface area contributed by atoms with Crippen molar-refractivity contribution in [2.45, 2.75) is 13.3 Å². The molecular formula is C16H19FN2O2. The highest BCUT2D eigenvalue weighted by atomic mass is 19.1. The standard InChI is InChI=1S/C16H19FN2O2/c1-11-14(6-7-18-11)16(21)19-9-12(10-20)8-13-4-2-3-5-15(13)17/h2-7,12,18,20H,8-10H2,1H3,(H,19,21)/t12-/m0/s1. The van der Waals surface area contributed by atoms with E-state index in [0.29, 0.717) is 24.1 Å². The second-order valence-corrected chi connectivity index (χ2v) is 5.07. The number of aliphatic hydroxyl groups is 1. The Hall–Kier alpha value is -2.14. The van der Waals surface area contributed by atoms with E-state index in [1.807, 2.05) is 6.92 Å². The summed E-state index contributed by atoms with van der Waals surface area (Å²) in [5.74, 6) is -0.699. The minimum atomic E-state index is -0.288. The molecule has 0 aliphatic carbocycles. The predicted octanol–water partition coefficient (Wildman–Crippen LogP) is 2.04. The molecule has 1 aromatic heterocycles. The van der Waals surface area contributed by atoms with Crippen LogP contribution in [0.1, 0.15) is 21.6 Å². The highest BCUT2D eigenvalue weighted by molar-refractivity contribution is 5.95. The third kappa shape index (κ3) is 3.92. The molecule has 3 N–H and O–H groups in total. The summed E-state index contributed by atoms with van der Waals surface area (Å²) in [5, 5.41) is 12.2. The molecule has 1 atom stereocenters. The topological polar surface area (TPSA) is 65.1 Å². The number of benzene rings is 1. The summed E-state index contributed by atoms with van der Waals surface area (Å²) in [7, 11) is 0. The van der Waals surface area contributed by atoms with E-state index in [1.54, 1.807) is 30.5 Å². The van der Waals surface area contributed by atoms with Gasteiger partial charge in [0.15, 0.2) is 0 Å². The van der Waals surface area contributed by atoms with Gasteiger partial charge in [-0.15, -0.1) is 0 Å². The molecule has 1 aromatic carbocycles. The molecule has 112 valence electrons. The van der Waals surface area contributed by atoms with Crippen molar-refractivity contribution < 1.29 is 14.3 Å². The number of carbonyl (C=O) groups is 1. The summed E-state index contributed by atoms with van der Waals surface area (Å²) >= 11 is 0. The molecule has 0 saturated heterocycles. The Balaban J connectivity index is 1.93. The molecule has 0 aliphatic heterocycles. The Bertz CT molecular complexity index is 610. The fraction of sp³-hybridized carbons (Fsp3) is 0.312. The molecular weight excluding hydrogens is 271 g/mol. The number of aromatic amines is 1. The number of hydrogen-bond donors (Lipinski definition) is 3. The van der Waals surface area contributed by atoms with E-state index in [-0.39, 0.29) is 24.2 Å². The quantitative estimate of drug-likeness (QED) is 0.762. The number of H-pyrrole nitrogens is 1. The molecule has 0 aliphatic rings. The van der Waals surface area contributed by atoms with Gasteiger partial charge in [-0.1, -0.05) is 18.2 Å². The van der Waals surface area contributed by atoms with Gasteiger partial charge < -0.3 is 15.4 Å². The second kappa shape index (κ2) is 7.04. The summed E-state index contributed by atoms with van der Waals surface area (Å²) < 4.78 is 13.6. The van der Waals surface area contributed by atoms with E-state index in [2.05, 4.69) is 10.3 Å². The highest BCUT2D eigenvalue weighted by Gasteiger charge is 2.15. The SMILES string of the molecule is Cc1[nH]ccc1C(=O)NC[C@@H](CO)Cc1ccccc1F. The third-order valence-electron chi connectivity index (χ3n) is 3.47. The van der Waals surface area contributed by atoms with Crippen LogP contribution in [0.2, 0.25) is 0 Å². The van der Waals surface area contributed by atoms with Crippen molar-refractivity contribution >= 4 is 5.91 Å². The van der Waals surface area contributed by atoms with Crippen molar-refractivity contribution in [2.24, 2.45) is 5.92 Å². The van der Waals surface area contributed by atoms with Crippen LogP contribution >= 0.6 is 0 Å². The number of aromatic nitrogens is 1. The molecule has 2 rings (SSSR count). The maximum atomic E-state index is 13.6. The maximum absolute atomic E-state index is 13.6. The smallest absolute Gasteiger partial charge is 0.253 e. The van der Waals surface area contributed by atoms with Crippen LogP contribution in [0, 0.1) is 18.7 Å². The first kappa shape index (κ1) is 15.3. The first-order valence-electron chi connectivity index (χ1n) is 6.88. The van der Waals surface area contributed by atoms with Crippen molar-refractivity contribution in [3.63, 3.8) is 0 Å². The lowest BCUT2D eigenvalue weighted by Gasteiger charge is -2.15. The van der Waals surface area contributed by atoms with Crippen LogP contribution in [0.25, 0.3) is 0 Å². The average molecular weight is 290 g/mol. The van der Waals surface area contributed by atoms with E-state index >= 15 is 0 Å². The van der Waals surface area contributed by atoms with Crippen molar-refractivity contribution in [1.82, 2.24) is 10.3 Å². The van der Waals surface area contributed by atoms with Gasteiger partial charge in [-0.25, -0.2) is 4.39 Å². The zero-order valence-corrected chi connectivity index (χ0v) is 11.9. The van der Waals surface area contributed by atoms with E-state index in [1.165, 1.54) is 6.07 Å². The first-order chi connectivity index (χ1) is 10.1. The largest absolute Gasteiger partial charge is 0.396 e. The first-order valence-corrected chi connectivity index (χ1v) is 6.88. The Morgan fingerprint density at radius 2 is 2.14 bits per heavy atom. The van der Waals surface area contributed by atoms with Crippen LogP contribution in [-0.4, -0.2) is 29.1 Å². The van der Waals surface area contributed by atoms with Crippen molar-refractivity contribution in [2.75, 3.05) is 13.2 Å². The molecule has 0 saturated carbocycles. The van der Waals surface area contributed by atoms with Crippen LogP contribution in [0.4, 0.5) is 4.39 Å². The predicted molar refractivity (Wildman–Crippen MR) is 78.5 cm³/mol. The molecule has 5 heteroatoms. The number of amides is 1. The number of hydrogen-bond acceptors (Lipinski definition) is 2. The maximum Gasteiger partial charge on any atom is 0.253 e. The fourth-order valence-electron chi connectivity index (χ4n) is 2.21. The van der Waals surface area contributed by atoms with Gasteiger partial charge in [0.2, 0.25) is 0 Å². The van der Waals surface area contributed by atoms with Gasteiger partial charge in [0.05, 0.1) is 5.56 Å². The zero-order chi connectivity index (χ0) is 15.2. The second-order valence-electron chi connectivity index (χ2n) is 5.07. The number of carbonyl (C=O) groups excluding carboxylic acids is 1. The van der Waals surface area contributed by atoms with Gasteiger partial charge in [0.1, 0.15) is 5.82 Å². The molecule has 0 bridgehead atoms. The minimum Gasteiger partial charge on any atom is -0.396 e. The van der Waals surface area contributed by atoms with Gasteiger partial charge in [-0.2, -0.15) is 0 Å². The Morgan fingerprint density at radius 1 is 1.38 bits per heavy atom. The van der Waals surface area contributed by atoms with Gasteiger partial charge in [0.25, 0.3) is 5.91 Å². The Labute approximate surface area is 123 Å². The molecule has 0 unspecified atom stereocenters. The molecule has 21 heavy (non-hydrogen) atoms. The number of aliphatic hydroxyl groups excluding tert-OH is 1. The van der Waals surface area contributed by atoms with Gasteiger partial charge in [-0.05, 0) is 31.0 Å². The van der Waals surface area contributed by atoms with Gasteiger partial charge in [0, 0.05) is 31.0 Å². The lowest BCUT2D eigenvalue weighted by molar-refractivity contribution is 0.0939. The molecule has 1 heterocycles. The monoisotopic (exact) mass is 290 g/mol. The summed E-state index contributed by atoms with van der Waals surface area (Å²) in [6, 6.07) is 8.18. The number of halogens is 1. The number of rotatable bonds is 6. The number of aryl methyl sites for hydroxylation is 1. The fourth-order valence-corrected chi connectivity index (χ4v) is 2.21. The van der Waals surface area contributed by atoms with Crippen LogP contribution in [0.5, 0.6) is 0 Å². The third-order valence-corrected chi connectivity index (χ3v) is 3.47. The van der Waals surface area contributed by atoms with Crippen LogP contribution in [-0.2, 0) is 6.42 Å². The number of nitrogens with one attached hydrogen (secondary N) is 2. The average Bonchev–Trinajstić information content (AvgIpc) is 2.91. The molecule has 0 fully saturated rings. The van der Waals surface area contributed by atoms with E-state index in [9.17, 15) is 14.3 Å².